The third-order valence-electron chi connectivity index (χ3n) is 14.5. The van der Waals surface area contributed by atoms with E-state index in [0.717, 1.165) is 0 Å². The zero-order chi connectivity index (χ0) is 30.7. The molecule has 0 nitrogen and oxygen atoms in total. The molecule has 2 saturated heterocycles. The van der Waals surface area contributed by atoms with Crippen LogP contribution < -0.4 is 0 Å². The topological polar surface area (TPSA) is 0 Å². The first kappa shape index (κ1) is 27.3. The zero-order valence-electron chi connectivity index (χ0n) is 27.2. The van der Waals surface area contributed by atoms with Crippen molar-refractivity contribution in [3.63, 3.8) is 0 Å². The first-order chi connectivity index (χ1) is 21.8. The summed E-state index contributed by atoms with van der Waals surface area (Å²) in [6.45, 7) is 16.0. The molecule has 2 aliphatic heterocycles. The van der Waals surface area contributed by atoms with E-state index >= 15 is 0 Å². The van der Waals surface area contributed by atoms with Crippen LogP contribution in [0, 0.1) is 0 Å². The molecule has 4 unspecified atom stereocenters. The van der Waals surface area contributed by atoms with Crippen LogP contribution in [0.15, 0.2) is 119 Å². The number of allylic oxidation sites excluding steroid dienone is 4. The van der Waals surface area contributed by atoms with Crippen molar-refractivity contribution < 1.29 is 20.3 Å². The van der Waals surface area contributed by atoms with Crippen molar-refractivity contribution in [3.05, 3.63) is 164 Å². The van der Waals surface area contributed by atoms with Gasteiger partial charge >= 0.3 is 278 Å². The van der Waals surface area contributed by atoms with Crippen molar-refractivity contribution in [1.29, 1.82) is 0 Å². The molecular weight excluding hydrogens is 652 g/mol. The summed E-state index contributed by atoms with van der Waals surface area (Å²) >= 11 is -4.02. The van der Waals surface area contributed by atoms with Gasteiger partial charge in [-0.15, -0.1) is 0 Å². The Morgan fingerprint density at radius 3 is 0.844 bits per heavy atom. The van der Waals surface area contributed by atoms with Crippen LogP contribution in [-0.4, -0.2) is 17.6 Å². The van der Waals surface area contributed by atoms with E-state index in [2.05, 4.69) is 162 Å². The number of benzene rings is 4. The van der Waals surface area contributed by atoms with E-state index in [9.17, 15) is 0 Å². The van der Waals surface area contributed by atoms with Crippen molar-refractivity contribution in [2.75, 3.05) is 0 Å². The minimum absolute atomic E-state index is 0.219. The Morgan fingerprint density at radius 2 is 0.600 bits per heavy atom. The molecule has 2 heterocycles. The van der Waals surface area contributed by atoms with Crippen molar-refractivity contribution in [2.45, 2.75) is 51.8 Å². The summed E-state index contributed by atoms with van der Waals surface area (Å²) in [5.74, 6) is 0. The molecule has 0 bridgehead atoms. The van der Waals surface area contributed by atoms with E-state index in [1.54, 1.807) is 44.5 Å². The van der Waals surface area contributed by atoms with E-state index in [0.29, 0.717) is 0 Å². The van der Waals surface area contributed by atoms with Crippen LogP contribution >= 0.6 is 0 Å². The molecule has 4 aliphatic carbocycles. The predicted molar refractivity (Wildman–Crippen MR) is 193 cm³/mol. The normalized spacial score (nSPS) is 37.2. The molecule has 5 spiro atoms. The van der Waals surface area contributed by atoms with Crippen molar-refractivity contribution in [1.82, 2.24) is 0 Å². The summed E-state index contributed by atoms with van der Waals surface area (Å²) in [4.78, 5) is 0. The van der Waals surface area contributed by atoms with E-state index < -0.39 is 37.9 Å². The number of fused-ring (bicyclic) bond motifs is 12. The Kier molecular flexibility index (Phi) is 5.06. The third-order valence-corrected chi connectivity index (χ3v) is 63.9. The van der Waals surface area contributed by atoms with Crippen LogP contribution in [0.25, 0.3) is 24.3 Å². The van der Waals surface area contributed by atoms with Gasteiger partial charge < -0.3 is 0 Å². The summed E-state index contributed by atoms with van der Waals surface area (Å²) in [7, 11) is -3.15. The molecule has 0 N–H and O–H groups in total. The van der Waals surface area contributed by atoms with E-state index in [4.69, 9.17) is 0 Å². The molecule has 220 valence electrons. The molecule has 3 heteroatoms. The summed E-state index contributed by atoms with van der Waals surface area (Å²) in [5, 5.41) is 0. The monoisotopic (exact) mass is 690 g/mol. The fourth-order valence-electron chi connectivity index (χ4n) is 14.1. The average Bonchev–Trinajstić information content (AvgIpc) is 3.74. The molecule has 4 aromatic carbocycles. The van der Waals surface area contributed by atoms with E-state index in [1.807, 2.05) is 0 Å². The van der Waals surface area contributed by atoms with Crippen molar-refractivity contribution >= 4 is 41.9 Å². The number of hydrogen-bond acceptors (Lipinski definition) is 0. The van der Waals surface area contributed by atoms with Gasteiger partial charge in [-0.05, 0) is 0 Å². The van der Waals surface area contributed by atoms with Gasteiger partial charge in [0.15, 0.2) is 0 Å². The van der Waals surface area contributed by atoms with Gasteiger partial charge in [0.25, 0.3) is 0 Å². The molecule has 6 aliphatic rings. The van der Waals surface area contributed by atoms with E-state index in [1.165, 1.54) is 22.3 Å². The van der Waals surface area contributed by atoms with Gasteiger partial charge in [-0.1, -0.05) is 0 Å². The van der Waals surface area contributed by atoms with Crippen LogP contribution in [0.1, 0.15) is 72.2 Å². The molecule has 10 rings (SSSR count). The van der Waals surface area contributed by atoms with Crippen LogP contribution in [0.3, 0.4) is 0 Å². The standard InChI is InChI=1S/2C21H20Si.Zr/c2*1-14-12-16-8-4-6-10-18(16)20(14)22(3)21-15(2)13-17-9-5-7-11-19(17)21;/h2*4-13,22H,1-3H3;. The summed E-state index contributed by atoms with van der Waals surface area (Å²) in [6.07, 6.45) is 10.7. The molecule has 0 amide bonds. The zero-order valence-corrected chi connectivity index (χ0v) is 32.0. The summed E-state index contributed by atoms with van der Waals surface area (Å²) in [6, 6.07) is 38.8. The fourth-order valence-corrected chi connectivity index (χ4v) is 86.9. The van der Waals surface area contributed by atoms with Crippen LogP contribution in [0.5, 0.6) is 0 Å². The molecule has 2 fully saturated rings. The predicted octanol–water partition coefficient (Wildman–Crippen LogP) is 9.29. The Labute approximate surface area is 275 Å². The molecular formula is C42H40Si2Zr. The van der Waals surface area contributed by atoms with Gasteiger partial charge in [0, 0.05) is 0 Å². The Balaban J connectivity index is 1.49. The maximum absolute atomic E-state index is 4.02. The van der Waals surface area contributed by atoms with Gasteiger partial charge in [-0.2, -0.15) is 0 Å². The second-order valence-corrected chi connectivity index (χ2v) is 38.6. The average molecular weight is 692 g/mol. The SMILES string of the molecule is CC1=Cc2ccccc2[C]12[SiH](C)[C]1(C(C)=Cc3ccccc31)[Zr]21[C]2(C(C)=Cc3ccccc32)[SiH](C)[C]12C(C)=Cc1ccccc12. The Morgan fingerprint density at radius 1 is 0.378 bits per heavy atom. The van der Waals surface area contributed by atoms with Crippen LogP contribution in [-0.2, 0) is 31.3 Å². The van der Waals surface area contributed by atoms with Gasteiger partial charge in [-0.3, -0.25) is 0 Å². The quantitative estimate of drug-likeness (QED) is 0.161. The van der Waals surface area contributed by atoms with Gasteiger partial charge in [-0.25, -0.2) is 0 Å². The Hall–Kier alpha value is -2.84. The van der Waals surface area contributed by atoms with Crippen molar-refractivity contribution in [3.8, 4) is 0 Å². The van der Waals surface area contributed by atoms with E-state index in [-0.39, 0.29) is 11.0 Å². The van der Waals surface area contributed by atoms with Crippen molar-refractivity contribution in [2.24, 2.45) is 0 Å². The summed E-state index contributed by atoms with van der Waals surface area (Å²) in [5.41, 5.74) is 19.8. The first-order valence-corrected chi connectivity index (χ1v) is 26.5. The molecule has 4 atom stereocenters. The van der Waals surface area contributed by atoms with Gasteiger partial charge in [0.1, 0.15) is 0 Å². The fraction of sp³-hybridized carbons (Fsp3) is 0.238. The molecule has 0 radical (unpaired) electrons. The molecule has 0 aromatic heterocycles. The van der Waals surface area contributed by atoms with Gasteiger partial charge in [0.05, 0.1) is 0 Å². The number of rotatable bonds is 0. The number of hydrogen-bond donors (Lipinski definition) is 0. The van der Waals surface area contributed by atoms with Crippen LogP contribution in [0.4, 0.5) is 0 Å². The third kappa shape index (κ3) is 2.31. The Bertz CT molecular complexity index is 1870. The second-order valence-electron chi connectivity index (χ2n) is 15.1. The molecule has 4 aromatic rings. The van der Waals surface area contributed by atoms with Gasteiger partial charge in [0.2, 0.25) is 0 Å². The summed E-state index contributed by atoms with van der Waals surface area (Å²) < 4.78 is 0.875. The second kappa shape index (κ2) is 8.35. The molecule has 0 saturated carbocycles. The minimum atomic E-state index is -4.02. The van der Waals surface area contributed by atoms with Crippen LogP contribution in [0.2, 0.25) is 13.1 Å². The first-order valence-electron chi connectivity index (χ1n) is 16.9. The molecule has 45 heavy (non-hydrogen) atoms. The maximum atomic E-state index is 2.83.